The number of rotatable bonds is 12. The Morgan fingerprint density at radius 1 is 0.971 bits per heavy atom. The van der Waals surface area contributed by atoms with Crippen LogP contribution in [0.3, 0.4) is 0 Å². The highest BCUT2D eigenvalue weighted by Crippen LogP contribution is 2.52. The Bertz CT molecular complexity index is 3230. The van der Waals surface area contributed by atoms with E-state index in [-0.39, 0.29) is 74.4 Å². The first kappa shape index (κ1) is 50.0. The number of anilines is 1. The molecule has 0 bridgehead atoms. The molecule has 0 spiro atoms. The molecule has 1 fully saturated rings. The first-order valence-corrected chi connectivity index (χ1v) is 25.0. The van der Waals surface area contributed by atoms with Gasteiger partial charge in [-0.05, 0) is 99.1 Å². The summed E-state index contributed by atoms with van der Waals surface area (Å²) >= 11 is 6.67. The quantitative estimate of drug-likeness (QED) is 0.0926. The van der Waals surface area contributed by atoms with Gasteiger partial charge in [-0.2, -0.15) is 45.3 Å². The van der Waals surface area contributed by atoms with Crippen LogP contribution >= 0.6 is 11.6 Å². The lowest BCUT2D eigenvalue weighted by atomic mass is 9.88. The minimum atomic E-state index is -5.21. The number of nitrogens with one attached hydrogen (secondary N) is 2. The van der Waals surface area contributed by atoms with E-state index in [1.165, 1.54) is 26.0 Å². The number of hydrogen-bond donors (Lipinski definition) is 2. The van der Waals surface area contributed by atoms with E-state index in [0.717, 1.165) is 25.3 Å². The van der Waals surface area contributed by atoms with Gasteiger partial charge in [-0.3, -0.25) is 18.9 Å². The molecule has 2 atom stereocenters. The molecule has 0 aliphatic heterocycles. The van der Waals surface area contributed by atoms with Crippen molar-refractivity contribution in [3.05, 3.63) is 92.0 Å². The second-order valence-electron chi connectivity index (χ2n) is 18.0. The summed E-state index contributed by atoms with van der Waals surface area (Å²) in [6, 6.07) is 3.12. The van der Waals surface area contributed by atoms with Crippen LogP contribution in [-0.2, 0) is 69.1 Å². The molecule has 5 aromatic rings. The average Bonchev–Trinajstić information content (AvgIpc) is 3.56. The lowest BCUT2D eigenvalue weighted by Gasteiger charge is -2.25. The number of aromatic nitrogens is 5. The lowest BCUT2D eigenvalue weighted by Crippen LogP contribution is -2.35. The summed E-state index contributed by atoms with van der Waals surface area (Å²) in [5.41, 5.74) is -3.96. The summed E-state index contributed by atoms with van der Waals surface area (Å²) < 4.78 is 200. The number of benzene rings is 2. The first-order valence-electron chi connectivity index (χ1n) is 21.2. The van der Waals surface area contributed by atoms with Crippen LogP contribution in [0.2, 0.25) is 5.02 Å². The minimum Gasteiger partial charge on any atom is -0.346 e. The number of sulfonamides is 1. The number of alkyl halides is 8. The van der Waals surface area contributed by atoms with Crippen LogP contribution in [0.1, 0.15) is 103 Å². The first-order chi connectivity index (χ1) is 31.8. The largest absolute Gasteiger partial charge is 0.435 e. The van der Waals surface area contributed by atoms with Gasteiger partial charge in [0.05, 0.1) is 32.9 Å². The van der Waals surface area contributed by atoms with E-state index in [9.17, 15) is 56.8 Å². The summed E-state index contributed by atoms with van der Waals surface area (Å²) in [6.45, 7) is 0.713. The highest BCUT2D eigenvalue weighted by Gasteiger charge is 2.53. The van der Waals surface area contributed by atoms with Gasteiger partial charge in [-0.15, -0.1) is 0 Å². The van der Waals surface area contributed by atoms with E-state index in [1.54, 1.807) is 0 Å². The molecule has 3 heterocycles. The number of halogens is 11. The molecule has 12 nitrogen and oxygen atoms in total. The minimum absolute atomic E-state index is 0.0288. The number of hydrogen-bond acceptors (Lipinski definition) is 8. The average molecular weight is 1040 g/mol. The molecule has 370 valence electrons. The standard InChI is InChI=1S/C44H40ClF10N7O5S2/c1-21-18-42(48,49)39-33(21)38(44(53,54)55)58-61(39)19-32(63)56-31(16-22-14-23(46)17-24(47)15-22)36-34(27-7-5-6-26(27)30(57-36)12-13-41(2,3)68(4,64)65)28-10-11-29(45)35-37(28)62(20-43(50,51)52)59-40(35)60-69(66,67)25-8-9-25/h10-11,14-15,17,21,25,31H,5-9,16,18-20H2,1-4H3,(H,56,63)(H,59,60)/t21-,31-/m0/s1. The Hall–Kier alpha value is -5.41. The third kappa shape index (κ3) is 9.87. The van der Waals surface area contributed by atoms with E-state index in [2.05, 4.69) is 32.1 Å². The van der Waals surface area contributed by atoms with Crippen molar-refractivity contribution in [2.45, 2.75) is 119 Å². The Morgan fingerprint density at radius 3 is 2.23 bits per heavy atom. The smallest absolute Gasteiger partial charge is 0.346 e. The molecule has 0 unspecified atom stereocenters. The number of pyridine rings is 1. The highest BCUT2D eigenvalue weighted by atomic mass is 35.5. The van der Waals surface area contributed by atoms with E-state index in [4.69, 9.17) is 16.6 Å². The second-order valence-corrected chi connectivity index (χ2v) is 23.0. The number of sulfone groups is 1. The zero-order chi connectivity index (χ0) is 50.6. The van der Waals surface area contributed by atoms with Gasteiger partial charge < -0.3 is 5.32 Å². The van der Waals surface area contributed by atoms with Gasteiger partial charge in [-0.1, -0.05) is 30.5 Å². The Balaban J connectivity index is 1.40. The molecule has 0 radical (unpaired) electrons. The van der Waals surface area contributed by atoms with Crippen LogP contribution in [0.4, 0.5) is 49.7 Å². The van der Waals surface area contributed by atoms with Crippen molar-refractivity contribution in [1.82, 2.24) is 29.9 Å². The molecule has 8 rings (SSSR count). The summed E-state index contributed by atoms with van der Waals surface area (Å²) in [6.07, 6.45) is -9.66. The topological polar surface area (TPSA) is 158 Å². The van der Waals surface area contributed by atoms with E-state index >= 15 is 8.78 Å². The predicted molar refractivity (Wildman–Crippen MR) is 233 cm³/mol. The lowest BCUT2D eigenvalue weighted by molar-refractivity contribution is -0.143. The van der Waals surface area contributed by atoms with Crippen molar-refractivity contribution in [3.8, 4) is 23.0 Å². The van der Waals surface area contributed by atoms with Crippen LogP contribution in [0, 0.1) is 23.5 Å². The van der Waals surface area contributed by atoms with Gasteiger partial charge in [0.15, 0.2) is 21.3 Å². The third-order valence-electron chi connectivity index (χ3n) is 12.3. The predicted octanol–water partition coefficient (Wildman–Crippen LogP) is 9.07. The third-order valence-corrected chi connectivity index (χ3v) is 16.4. The second kappa shape index (κ2) is 17.2. The van der Waals surface area contributed by atoms with E-state index in [1.807, 2.05) is 0 Å². The summed E-state index contributed by atoms with van der Waals surface area (Å²) in [7, 11) is -8.05. The maximum Gasteiger partial charge on any atom is 0.435 e. The summed E-state index contributed by atoms with van der Waals surface area (Å²) in [5, 5.41) is 8.60. The molecule has 3 aliphatic carbocycles. The van der Waals surface area contributed by atoms with Gasteiger partial charge >= 0.3 is 12.4 Å². The van der Waals surface area contributed by atoms with Crippen molar-refractivity contribution in [2.75, 3.05) is 11.0 Å². The molecule has 2 N–H and O–H groups in total. The van der Waals surface area contributed by atoms with Gasteiger partial charge in [0, 0.05) is 35.4 Å². The molecule has 25 heteroatoms. The van der Waals surface area contributed by atoms with Crippen LogP contribution in [0.5, 0.6) is 0 Å². The Morgan fingerprint density at radius 2 is 1.62 bits per heavy atom. The summed E-state index contributed by atoms with van der Waals surface area (Å²) in [4.78, 5) is 19.1. The van der Waals surface area contributed by atoms with Gasteiger partial charge in [0.1, 0.15) is 40.9 Å². The number of fused-ring (bicyclic) bond motifs is 3. The normalized spacial score (nSPS) is 17.6. The number of nitrogens with zero attached hydrogens (tertiary/aromatic N) is 5. The van der Waals surface area contributed by atoms with Crippen LogP contribution in [0.15, 0.2) is 30.3 Å². The van der Waals surface area contributed by atoms with E-state index in [0.29, 0.717) is 28.3 Å². The van der Waals surface area contributed by atoms with Gasteiger partial charge in [-0.25, -0.2) is 30.6 Å². The molecule has 1 saturated carbocycles. The highest BCUT2D eigenvalue weighted by molar-refractivity contribution is 7.93. The zero-order valence-electron chi connectivity index (χ0n) is 36.7. The van der Waals surface area contributed by atoms with Crippen molar-refractivity contribution in [3.63, 3.8) is 0 Å². The van der Waals surface area contributed by atoms with E-state index < -0.39 is 126 Å². The fraction of sp³-hybridized carbons (Fsp3) is 0.455. The molecule has 0 saturated heterocycles. The van der Waals surface area contributed by atoms with Crippen molar-refractivity contribution in [1.29, 1.82) is 0 Å². The number of amides is 1. The maximum absolute atomic E-state index is 15.4. The van der Waals surface area contributed by atoms with Crippen LogP contribution in [-0.4, -0.2) is 69.7 Å². The summed E-state index contributed by atoms with van der Waals surface area (Å²) in [5.74, 6) is -3.72. The molecule has 2 aromatic carbocycles. The molecule has 1 amide bonds. The van der Waals surface area contributed by atoms with Gasteiger partial charge in [0.25, 0.3) is 5.92 Å². The van der Waals surface area contributed by atoms with Gasteiger partial charge in [0.2, 0.25) is 15.9 Å². The fourth-order valence-electron chi connectivity index (χ4n) is 8.86. The van der Waals surface area contributed by atoms with Crippen molar-refractivity contribution < 1.29 is 65.5 Å². The maximum atomic E-state index is 15.4. The Kier molecular flexibility index (Phi) is 12.4. The molecular weight excluding hydrogens is 996 g/mol. The molecular formula is C44H40ClF10N7O5S2. The number of carbonyl (C=O) groups excluding carboxylic acids is 1. The zero-order valence-corrected chi connectivity index (χ0v) is 39.1. The molecule has 3 aliphatic rings. The Labute approximate surface area is 393 Å². The molecule has 69 heavy (non-hydrogen) atoms. The van der Waals surface area contributed by atoms with Crippen molar-refractivity contribution >= 4 is 54.1 Å². The fourth-order valence-corrected chi connectivity index (χ4v) is 10.7. The monoisotopic (exact) mass is 1040 g/mol. The number of carbonyl (C=O) groups is 1. The van der Waals surface area contributed by atoms with Crippen LogP contribution in [0.25, 0.3) is 22.0 Å². The van der Waals surface area contributed by atoms with Crippen LogP contribution < -0.4 is 10.0 Å². The molecule has 3 aromatic heterocycles. The van der Waals surface area contributed by atoms with Crippen molar-refractivity contribution in [2.24, 2.45) is 0 Å². The SMILES string of the molecule is C[C@H]1CC(F)(F)c2c1c(C(F)(F)F)nn2CC(=O)N[C@@H](Cc1cc(F)cc(F)c1)c1nc(C#CC(C)(C)S(C)(=O)=O)c2c(c1-c1ccc(Cl)c3c(NS(=O)(=O)C4CC4)nn(CC(F)(F)F)c13)CCC2.